The van der Waals surface area contributed by atoms with Crippen LogP contribution in [-0.4, -0.2) is 72.8 Å². The van der Waals surface area contributed by atoms with Crippen LogP contribution in [0.2, 0.25) is 5.02 Å². The van der Waals surface area contributed by atoms with Crippen LogP contribution in [0.4, 0.5) is 0 Å². The number of amides is 2. The first-order valence-corrected chi connectivity index (χ1v) is 9.40. The van der Waals surface area contributed by atoms with Crippen molar-refractivity contribution in [3.05, 3.63) is 34.9 Å². The summed E-state index contributed by atoms with van der Waals surface area (Å²) in [7, 11) is 2.08. The van der Waals surface area contributed by atoms with Crippen LogP contribution in [0.1, 0.15) is 18.4 Å². The second-order valence-corrected chi connectivity index (χ2v) is 7.52. The van der Waals surface area contributed by atoms with Crippen molar-refractivity contribution in [2.75, 3.05) is 46.3 Å². The van der Waals surface area contributed by atoms with Crippen LogP contribution in [0.3, 0.4) is 0 Å². The molecule has 2 aliphatic heterocycles. The van der Waals surface area contributed by atoms with Gasteiger partial charge in [-0.1, -0.05) is 23.7 Å². The molecule has 6 heteroatoms. The lowest BCUT2D eigenvalue weighted by molar-refractivity contribution is -0.144. The van der Waals surface area contributed by atoms with E-state index >= 15 is 0 Å². The number of nitrogens with zero attached hydrogens (tertiary/aromatic N) is 3. The van der Waals surface area contributed by atoms with Gasteiger partial charge < -0.3 is 14.7 Å². The largest absolute Gasteiger partial charge is 0.342 e. The molecule has 5 nitrogen and oxygen atoms in total. The summed E-state index contributed by atoms with van der Waals surface area (Å²) in [4.78, 5) is 31.1. The minimum atomic E-state index is -0.0497. The topological polar surface area (TPSA) is 43.9 Å². The summed E-state index contributed by atoms with van der Waals surface area (Å²) in [6.07, 6.45) is 1.95. The van der Waals surface area contributed by atoms with Crippen LogP contribution in [-0.2, 0) is 16.0 Å². The van der Waals surface area contributed by atoms with Gasteiger partial charge in [-0.3, -0.25) is 9.59 Å². The standard InChI is InChI=1S/C19H26ClN3O2/c1-21-10-12-22(13-11-21)19(25)16-4-7-18(24)23(14-16)9-8-15-2-5-17(20)6-3-15/h2-3,5-6,16H,4,7-14H2,1H3. The van der Waals surface area contributed by atoms with Crippen molar-refractivity contribution in [3.63, 3.8) is 0 Å². The Morgan fingerprint density at radius 3 is 2.52 bits per heavy atom. The molecular formula is C19H26ClN3O2. The molecule has 0 radical (unpaired) electrons. The van der Waals surface area contributed by atoms with Gasteiger partial charge in [-0.15, -0.1) is 0 Å². The number of carbonyl (C=O) groups is 2. The average Bonchev–Trinajstić information content (AvgIpc) is 2.62. The number of piperazine rings is 1. The average molecular weight is 364 g/mol. The Labute approximate surface area is 154 Å². The van der Waals surface area contributed by atoms with Crippen molar-refractivity contribution in [1.82, 2.24) is 14.7 Å². The molecule has 2 saturated heterocycles. The van der Waals surface area contributed by atoms with Crippen molar-refractivity contribution < 1.29 is 9.59 Å². The molecule has 0 aromatic heterocycles. The van der Waals surface area contributed by atoms with Crippen molar-refractivity contribution in [3.8, 4) is 0 Å². The Bertz CT molecular complexity index is 612. The Kier molecular flexibility index (Phi) is 5.97. The van der Waals surface area contributed by atoms with Gasteiger partial charge in [-0.2, -0.15) is 0 Å². The van der Waals surface area contributed by atoms with E-state index in [-0.39, 0.29) is 17.7 Å². The fraction of sp³-hybridized carbons (Fsp3) is 0.579. The molecule has 3 rings (SSSR count). The maximum atomic E-state index is 12.8. The SMILES string of the molecule is CN1CCN(C(=O)C2CCC(=O)N(CCc3ccc(Cl)cc3)C2)CC1. The normalized spacial score (nSPS) is 22.3. The number of carbonyl (C=O) groups excluding carboxylic acids is 2. The molecule has 2 fully saturated rings. The fourth-order valence-corrected chi connectivity index (χ4v) is 3.66. The van der Waals surface area contributed by atoms with E-state index in [0.29, 0.717) is 25.9 Å². The number of piperidine rings is 1. The maximum Gasteiger partial charge on any atom is 0.227 e. The lowest BCUT2D eigenvalue weighted by Crippen LogP contribution is -2.52. The predicted molar refractivity (Wildman–Crippen MR) is 98.5 cm³/mol. The molecule has 2 amide bonds. The molecule has 0 bridgehead atoms. The van der Waals surface area contributed by atoms with Gasteiger partial charge in [0.25, 0.3) is 0 Å². The van der Waals surface area contributed by atoms with Crippen LogP contribution >= 0.6 is 11.6 Å². The van der Waals surface area contributed by atoms with Gasteiger partial charge in [-0.25, -0.2) is 0 Å². The van der Waals surface area contributed by atoms with Crippen molar-refractivity contribution >= 4 is 23.4 Å². The van der Waals surface area contributed by atoms with E-state index in [0.717, 1.165) is 43.2 Å². The predicted octanol–water partition coefficient (Wildman–Crippen LogP) is 1.90. The van der Waals surface area contributed by atoms with Crippen LogP contribution < -0.4 is 0 Å². The first-order chi connectivity index (χ1) is 12.0. The van der Waals surface area contributed by atoms with Crippen LogP contribution in [0.25, 0.3) is 0 Å². The number of rotatable bonds is 4. The van der Waals surface area contributed by atoms with Crippen molar-refractivity contribution in [2.24, 2.45) is 5.92 Å². The monoisotopic (exact) mass is 363 g/mol. The highest BCUT2D eigenvalue weighted by Gasteiger charge is 2.33. The van der Waals surface area contributed by atoms with Crippen LogP contribution in [0.15, 0.2) is 24.3 Å². The second kappa shape index (κ2) is 8.19. The molecule has 1 aromatic carbocycles. The number of likely N-dealkylation sites (tertiary alicyclic amines) is 1. The number of benzene rings is 1. The summed E-state index contributed by atoms with van der Waals surface area (Å²) in [5.41, 5.74) is 1.16. The molecule has 1 aromatic rings. The summed E-state index contributed by atoms with van der Waals surface area (Å²) in [6, 6.07) is 7.72. The molecule has 0 saturated carbocycles. The highest BCUT2D eigenvalue weighted by atomic mass is 35.5. The van der Waals surface area contributed by atoms with Gasteiger partial charge in [0.2, 0.25) is 11.8 Å². The zero-order valence-corrected chi connectivity index (χ0v) is 15.5. The highest BCUT2D eigenvalue weighted by Crippen LogP contribution is 2.21. The van der Waals surface area contributed by atoms with E-state index in [1.807, 2.05) is 34.1 Å². The minimum Gasteiger partial charge on any atom is -0.342 e. The Morgan fingerprint density at radius 2 is 1.84 bits per heavy atom. The zero-order chi connectivity index (χ0) is 17.8. The fourth-order valence-electron chi connectivity index (χ4n) is 3.53. The zero-order valence-electron chi connectivity index (χ0n) is 14.8. The summed E-state index contributed by atoms with van der Waals surface area (Å²) in [6.45, 7) is 4.66. The van der Waals surface area contributed by atoms with E-state index in [9.17, 15) is 9.59 Å². The van der Waals surface area contributed by atoms with Gasteiger partial charge in [0.15, 0.2) is 0 Å². The number of hydrogen-bond donors (Lipinski definition) is 0. The van der Waals surface area contributed by atoms with Gasteiger partial charge in [0, 0.05) is 50.7 Å². The molecule has 1 unspecified atom stereocenters. The summed E-state index contributed by atoms with van der Waals surface area (Å²) in [5.74, 6) is 0.333. The first kappa shape index (κ1) is 18.2. The van der Waals surface area contributed by atoms with Crippen molar-refractivity contribution in [1.29, 1.82) is 0 Å². The third kappa shape index (κ3) is 4.73. The van der Waals surface area contributed by atoms with E-state index in [4.69, 9.17) is 11.6 Å². The summed E-state index contributed by atoms with van der Waals surface area (Å²) in [5, 5.41) is 0.718. The maximum absolute atomic E-state index is 12.8. The van der Waals surface area contributed by atoms with Gasteiger partial charge in [0.05, 0.1) is 5.92 Å². The summed E-state index contributed by atoms with van der Waals surface area (Å²) < 4.78 is 0. The van der Waals surface area contributed by atoms with Crippen LogP contribution in [0, 0.1) is 5.92 Å². The van der Waals surface area contributed by atoms with E-state index in [2.05, 4.69) is 11.9 Å². The Hall–Kier alpha value is -1.59. The molecule has 0 aliphatic carbocycles. The van der Waals surface area contributed by atoms with E-state index < -0.39 is 0 Å². The minimum absolute atomic E-state index is 0.0497. The molecule has 2 aliphatic rings. The lowest BCUT2D eigenvalue weighted by Gasteiger charge is -2.38. The Balaban J connectivity index is 1.54. The van der Waals surface area contributed by atoms with E-state index in [1.165, 1.54) is 0 Å². The third-order valence-electron chi connectivity index (χ3n) is 5.25. The van der Waals surface area contributed by atoms with E-state index in [1.54, 1.807) is 0 Å². The molecule has 0 N–H and O–H groups in total. The smallest absolute Gasteiger partial charge is 0.227 e. The molecule has 2 heterocycles. The quantitative estimate of drug-likeness (QED) is 0.820. The molecule has 0 spiro atoms. The Morgan fingerprint density at radius 1 is 1.16 bits per heavy atom. The third-order valence-corrected chi connectivity index (χ3v) is 5.50. The van der Waals surface area contributed by atoms with Crippen molar-refractivity contribution in [2.45, 2.75) is 19.3 Å². The van der Waals surface area contributed by atoms with Gasteiger partial charge >= 0.3 is 0 Å². The second-order valence-electron chi connectivity index (χ2n) is 7.08. The number of likely N-dealkylation sites (N-methyl/N-ethyl adjacent to an activating group) is 1. The van der Waals surface area contributed by atoms with Crippen LogP contribution in [0.5, 0.6) is 0 Å². The molecule has 25 heavy (non-hydrogen) atoms. The first-order valence-electron chi connectivity index (χ1n) is 9.02. The molecule has 1 atom stereocenters. The lowest BCUT2D eigenvalue weighted by atomic mass is 9.95. The summed E-state index contributed by atoms with van der Waals surface area (Å²) >= 11 is 5.91. The highest BCUT2D eigenvalue weighted by molar-refractivity contribution is 6.30. The number of halogens is 1. The van der Waals surface area contributed by atoms with Gasteiger partial charge in [-0.05, 0) is 37.6 Å². The molecule has 136 valence electrons. The molecular weight excluding hydrogens is 338 g/mol. The number of hydrogen-bond acceptors (Lipinski definition) is 3. The van der Waals surface area contributed by atoms with Gasteiger partial charge in [0.1, 0.15) is 0 Å².